The van der Waals surface area contributed by atoms with E-state index in [2.05, 4.69) is 27.4 Å². The number of aromatic nitrogens is 2. The second-order valence-electron chi connectivity index (χ2n) is 9.29. The number of thiocarbonyl (C=S) groups is 1. The van der Waals surface area contributed by atoms with Crippen molar-refractivity contribution in [1.29, 1.82) is 0 Å². The first kappa shape index (κ1) is 23.7. The monoisotopic (exact) mass is 471 g/mol. The average molecular weight is 472 g/mol. The number of piperidine rings is 1. The first-order chi connectivity index (χ1) is 16.0. The van der Waals surface area contributed by atoms with Gasteiger partial charge in [-0.15, -0.1) is 0 Å². The van der Waals surface area contributed by atoms with E-state index in [9.17, 15) is 4.39 Å². The molecule has 0 unspecified atom stereocenters. The van der Waals surface area contributed by atoms with Gasteiger partial charge in [-0.25, -0.2) is 4.39 Å². The molecule has 1 aliphatic heterocycles. The zero-order chi connectivity index (χ0) is 23.3. The van der Waals surface area contributed by atoms with Crippen molar-refractivity contribution in [3.63, 3.8) is 0 Å². The molecule has 0 spiro atoms. The Bertz CT molecular complexity index is 948. The maximum Gasteiger partial charge on any atom is 0.234 e. The number of ether oxygens (including phenoxy) is 1. The van der Waals surface area contributed by atoms with Crippen molar-refractivity contribution in [1.82, 2.24) is 15.3 Å². The molecule has 178 valence electrons. The van der Waals surface area contributed by atoms with Gasteiger partial charge in [-0.1, -0.05) is 31.4 Å². The van der Waals surface area contributed by atoms with E-state index in [0.717, 1.165) is 56.5 Å². The second-order valence-corrected chi connectivity index (χ2v) is 9.69. The Hall–Kier alpha value is -2.48. The Balaban J connectivity index is 1.46. The van der Waals surface area contributed by atoms with E-state index < -0.39 is 0 Å². The minimum Gasteiger partial charge on any atom is -0.481 e. The highest BCUT2D eigenvalue weighted by molar-refractivity contribution is 7.80. The maximum absolute atomic E-state index is 13.5. The summed E-state index contributed by atoms with van der Waals surface area (Å²) in [5.74, 6) is 1.59. The van der Waals surface area contributed by atoms with Crippen LogP contribution in [-0.2, 0) is 5.41 Å². The molecule has 2 heterocycles. The lowest BCUT2D eigenvalue weighted by atomic mass is 9.69. The molecule has 6 nitrogen and oxygen atoms in total. The standard InChI is InChI=1S/C25H34FN5OS/c1-18-8-4-7-15-31(18)21-16-22(32-2)29-23(28-21)30-24(33)27-17-25(13-5-3-6-14-25)19-9-11-20(26)12-10-19/h9-12,16,18H,3-8,13-15,17H2,1-2H3,(H2,27,28,29,30,33)/t18-/m0/s1. The molecule has 0 radical (unpaired) electrons. The van der Waals surface area contributed by atoms with Crippen LogP contribution in [0.3, 0.4) is 0 Å². The van der Waals surface area contributed by atoms with Crippen molar-refractivity contribution in [3.05, 3.63) is 41.7 Å². The molecule has 8 heteroatoms. The van der Waals surface area contributed by atoms with Gasteiger partial charge in [0.1, 0.15) is 11.6 Å². The minimum atomic E-state index is -0.205. The van der Waals surface area contributed by atoms with Crippen LogP contribution in [0.5, 0.6) is 5.88 Å². The summed E-state index contributed by atoms with van der Waals surface area (Å²) in [5, 5.41) is 7.03. The van der Waals surface area contributed by atoms with Gasteiger partial charge in [0.15, 0.2) is 5.11 Å². The molecule has 0 amide bonds. The van der Waals surface area contributed by atoms with E-state index in [0.29, 0.717) is 29.5 Å². The fourth-order valence-electron chi connectivity index (χ4n) is 5.15. The zero-order valence-electron chi connectivity index (χ0n) is 19.6. The molecule has 2 aliphatic rings. The van der Waals surface area contributed by atoms with Crippen LogP contribution in [-0.4, -0.2) is 41.3 Å². The smallest absolute Gasteiger partial charge is 0.234 e. The van der Waals surface area contributed by atoms with Crippen LogP contribution in [0.25, 0.3) is 0 Å². The first-order valence-corrected chi connectivity index (χ1v) is 12.4. The Morgan fingerprint density at radius 2 is 1.91 bits per heavy atom. The molecular weight excluding hydrogens is 437 g/mol. The summed E-state index contributed by atoms with van der Waals surface area (Å²) >= 11 is 5.61. The molecule has 2 fully saturated rings. The molecule has 1 saturated carbocycles. The molecule has 33 heavy (non-hydrogen) atoms. The summed E-state index contributed by atoms with van der Waals surface area (Å²) in [4.78, 5) is 11.5. The second kappa shape index (κ2) is 10.6. The predicted octanol–water partition coefficient (Wildman–Crippen LogP) is 5.19. The van der Waals surface area contributed by atoms with Gasteiger partial charge in [-0.3, -0.25) is 0 Å². The van der Waals surface area contributed by atoms with E-state index in [1.807, 2.05) is 18.2 Å². The Morgan fingerprint density at radius 1 is 1.15 bits per heavy atom. The quantitative estimate of drug-likeness (QED) is 0.562. The summed E-state index contributed by atoms with van der Waals surface area (Å²) in [5.41, 5.74) is 1.11. The lowest BCUT2D eigenvalue weighted by Gasteiger charge is -2.38. The third kappa shape index (κ3) is 5.72. The van der Waals surface area contributed by atoms with Crippen LogP contribution < -0.4 is 20.3 Å². The van der Waals surface area contributed by atoms with Crippen molar-refractivity contribution in [2.24, 2.45) is 0 Å². The number of rotatable bonds is 6. The van der Waals surface area contributed by atoms with Gasteiger partial charge in [-0.05, 0) is 68.9 Å². The van der Waals surface area contributed by atoms with Crippen molar-refractivity contribution in [3.8, 4) is 5.88 Å². The lowest BCUT2D eigenvalue weighted by Crippen LogP contribution is -2.43. The molecule has 2 N–H and O–H groups in total. The normalized spacial score (nSPS) is 20.2. The van der Waals surface area contributed by atoms with Crippen LogP contribution in [0.1, 0.15) is 63.9 Å². The van der Waals surface area contributed by atoms with Gasteiger partial charge in [0.25, 0.3) is 0 Å². The molecule has 1 aromatic heterocycles. The van der Waals surface area contributed by atoms with Crippen molar-refractivity contribution >= 4 is 29.1 Å². The fraction of sp³-hybridized carbons (Fsp3) is 0.560. The highest BCUT2D eigenvalue weighted by Crippen LogP contribution is 2.39. The molecule has 0 bridgehead atoms. The largest absolute Gasteiger partial charge is 0.481 e. The summed E-state index contributed by atoms with van der Waals surface area (Å²) in [6.45, 7) is 3.89. The molecule has 1 aliphatic carbocycles. The van der Waals surface area contributed by atoms with Crippen molar-refractivity contribution in [2.75, 3.05) is 30.4 Å². The number of halogens is 1. The van der Waals surface area contributed by atoms with E-state index in [1.165, 1.54) is 12.8 Å². The van der Waals surface area contributed by atoms with Gasteiger partial charge in [0.05, 0.1) is 7.11 Å². The number of nitrogens with zero attached hydrogens (tertiary/aromatic N) is 3. The van der Waals surface area contributed by atoms with E-state index in [4.69, 9.17) is 21.9 Å². The predicted molar refractivity (Wildman–Crippen MR) is 135 cm³/mol. The third-order valence-electron chi connectivity index (χ3n) is 7.08. The van der Waals surface area contributed by atoms with E-state index >= 15 is 0 Å². The molecule has 1 aromatic carbocycles. The fourth-order valence-corrected chi connectivity index (χ4v) is 5.32. The molecule has 4 rings (SSSR count). The van der Waals surface area contributed by atoms with E-state index in [-0.39, 0.29) is 11.2 Å². The zero-order valence-corrected chi connectivity index (χ0v) is 20.4. The number of benzene rings is 1. The Morgan fingerprint density at radius 3 is 2.61 bits per heavy atom. The van der Waals surface area contributed by atoms with Crippen LogP contribution in [0, 0.1) is 5.82 Å². The van der Waals surface area contributed by atoms with Crippen LogP contribution in [0.2, 0.25) is 0 Å². The highest BCUT2D eigenvalue weighted by Gasteiger charge is 2.34. The van der Waals surface area contributed by atoms with E-state index in [1.54, 1.807) is 19.2 Å². The topological polar surface area (TPSA) is 62.3 Å². The number of hydrogen-bond donors (Lipinski definition) is 2. The Labute approximate surface area is 201 Å². The minimum absolute atomic E-state index is 0.0542. The number of anilines is 2. The number of methoxy groups -OCH3 is 1. The van der Waals surface area contributed by atoms with Crippen LogP contribution in [0.4, 0.5) is 16.2 Å². The first-order valence-electron chi connectivity index (χ1n) is 12.0. The molecular formula is C25H34FN5OS. The van der Waals surface area contributed by atoms with Gasteiger partial charge in [0, 0.05) is 30.6 Å². The lowest BCUT2D eigenvalue weighted by molar-refractivity contribution is 0.292. The molecule has 1 atom stereocenters. The number of nitrogens with one attached hydrogen (secondary N) is 2. The summed E-state index contributed by atoms with van der Waals surface area (Å²) in [6, 6.07) is 9.24. The number of hydrogen-bond acceptors (Lipinski definition) is 5. The highest BCUT2D eigenvalue weighted by atomic mass is 32.1. The molecule has 1 saturated heterocycles. The SMILES string of the molecule is COc1cc(N2CCCC[C@@H]2C)nc(NC(=S)NCC2(c3ccc(F)cc3)CCCCC2)n1. The van der Waals surface area contributed by atoms with Gasteiger partial charge in [0.2, 0.25) is 11.8 Å². The summed E-state index contributed by atoms with van der Waals surface area (Å²) in [7, 11) is 1.61. The third-order valence-corrected chi connectivity index (χ3v) is 7.32. The molecule has 2 aromatic rings. The van der Waals surface area contributed by atoms with Crippen molar-refractivity contribution < 1.29 is 9.13 Å². The summed E-state index contributed by atoms with van der Waals surface area (Å²) < 4.78 is 18.9. The van der Waals surface area contributed by atoms with Crippen LogP contribution in [0.15, 0.2) is 30.3 Å². The van der Waals surface area contributed by atoms with Crippen LogP contribution >= 0.6 is 12.2 Å². The van der Waals surface area contributed by atoms with Gasteiger partial charge >= 0.3 is 0 Å². The van der Waals surface area contributed by atoms with Gasteiger partial charge < -0.3 is 20.3 Å². The maximum atomic E-state index is 13.5. The van der Waals surface area contributed by atoms with Gasteiger partial charge in [-0.2, -0.15) is 9.97 Å². The Kier molecular flexibility index (Phi) is 7.63. The summed E-state index contributed by atoms with van der Waals surface area (Å²) in [6.07, 6.45) is 9.23. The average Bonchev–Trinajstić information content (AvgIpc) is 2.84. The van der Waals surface area contributed by atoms with Crippen molar-refractivity contribution in [2.45, 2.75) is 69.7 Å².